The van der Waals surface area contributed by atoms with Crippen molar-refractivity contribution in [3.63, 3.8) is 0 Å². The molecule has 1 aliphatic rings. The van der Waals surface area contributed by atoms with Gasteiger partial charge in [-0.2, -0.15) is 0 Å². The number of anilines is 1. The van der Waals surface area contributed by atoms with Crippen LogP contribution < -0.4 is 9.64 Å². The first-order valence-corrected chi connectivity index (χ1v) is 9.86. The van der Waals surface area contributed by atoms with Crippen molar-refractivity contribution in [2.24, 2.45) is 0 Å². The third-order valence-corrected chi connectivity index (χ3v) is 5.01. The molecule has 2 aromatic carbocycles. The summed E-state index contributed by atoms with van der Waals surface area (Å²) in [6, 6.07) is 16.1. The Bertz CT molecular complexity index is 750. The van der Waals surface area contributed by atoms with Crippen molar-refractivity contribution in [3.8, 4) is 5.75 Å². The summed E-state index contributed by atoms with van der Waals surface area (Å²) in [6.45, 7) is 4.00. The van der Waals surface area contributed by atoms with Crippen molar-refractivity contribution in [3.05, 3.63) is 59.7 Å². The number of nitrogens with zero attached hydrogens (tertiary/aromatic N) is 2. The zero-order valence-electron chi connectivity index (χ0n) is 17.1. The molecule has 0 saturated carbocycles. The quantitative estimate of drug-likeness (QED) is 0.699. The summed E-state index contributed by atoms with van der Waals surface area (Å²) in [5.41, 5.74) is 3.41. The van der Waals surface area contributed by atoms with Crippen molar-refractivity contribution in [1.29, 1.82) is 0 Å². The molecule has 1 fully saturated rings. The lowest BCUT2D eigenvalue weighted by molar-refractivity contribution is -0.135. The molecule has 3 rings (SSSR count). The first kappa shape index (κ1) is 20.2. The molecule has 1 amide bonds. The van der Waals surface area contributed by atoms with Crippen molar-refractivity contribution in [2.45, 2.75) is 32.4 Å². The summed E-state index contributed by atoms with van der Waals surface area (Å²) < 4.78 is 11.5. The van der Waals surface area contributed by atoms with Gasteiger partial charge in [0.15, 0.2) is 6.61 Å². The van der Waals surface area contributed by atoms with Gasteiger partial charge in [-0.3, -0.25) is 4.79 Å². The highest BCUT2D eigenvalue weighted by molar-refractivity contribution is 5.77. The van der Waals surface area contributed by atoms with Gasteiger partial charge >= 0.3 is 0 Å². The molecular formula is C23H30N2O3. The lowest BCUT2D eigenvalue weighted by Crippen LogP contribution is -2.39. The second-order valence-corrected chi connectivity index (χ2v) is 7.57. The van der Waals surface area contributed by atoms with Crippen LogP contribution in [0.25, 0.3) is 0 Å². The van der Waals surface area contributed by atoms with Gasteiger partial charge in [0.2, 0.25) is 0 Å². The fourth-order valence-electron chi connectivity index (χ4n) is 3.28. The fraction of sp³-hybridized carbons (Fsp3) is 0.435. The van der Waals surface area contributed by atoms with Crippen LogP contribution >= 0.6 is 0 Å². The number of carbonyl (C=O) groups excluding carboxylic acids is 1. The molecule has 1 atom stereocenters. The molecule has 0 radical (unpaired) electrons. The van der Waals surface area contributed by atoms with Gasteiger partial charge in [0.25, 0.3) is 5.91 Å². The van der Waals surface area contributed by atoms with Crippen LogP contribution in [-0.4, -0.2) is 50.8 Å². The summed E-state index contributed by atoms with van der Waals surface area (Å²) >= 11 is 0. The van der Waals surface area contributed by atoms with Gasteiger partial charge in [0.05, 0.1) is 6.10 Å². The number of hydrogen-bond acceptors (Lipinski definition) is 4. The number of hydrogen-bond donors (Lipinski definition) is 0. The Morgan fingerprint density at radius 2 is 1.82 bits per heavy atom. The third-order valence-electron chi connectivity index (χ3n) is 5.01. The summed E-state index contributed by atoms with van der Waals surface area (Å²) in [7, 11) is 4.04. The van der Waals surface area contributed by atoms with Gasteiger partial charge in [-0.25, -0.2) is 0 Å². The molecule has 0 spiro atoms. The summed E-state index contributed by atoms with van der Waals surface area (Å²) in [5, 5.41) is 0. The van der Waals surface area contributed by atoms with E-state index in [0.717, 1.165) is 30.7 Å². The van der Waals surface area contributed by atoms with E-state index in [0.29, 0.717) is 18.8 Å². The lowest BCUT2D eigenvalue weighted by Gasteiger charge is -2.26. The first-order valence-electron chi connectivity index (χ1n) is 9.86. The number of carbonyl (C=O) groups is 1. The van der Waals surface area contributed by atoms with Crippen LogP contribution in [0.15, 0.2) is 48.5 Å². The number of aryl methyl sites for hydroxylation is 1. The first-order chi connectivity index (χ1) is 13.5. The third kappa shape index (κ3) is 5.73. The Balaban J connectivity index is 1.64. The number of rotatable bonds is 8. The van der Waals surface area contributed by atoms with Gasteiger partial charge in [0, 0.05) is 39.5 Å². The highest BCUT2D eigenvalue weighted by atomic mass is 16.5. The molecule has 5 nitrogen and oxygen atoms in total. The summed E-state index contributed by atoms with van der Waals surface area (Å²) in [6.07, 6.45) is 2.18. The molecule has 28 heavy (non-hydrogen) atoms. The van der Waals surface area contributed by atoms with Crippen LogP contribution in [0.2, 0.25) is 0 Å². The predicted molar refractivity (Wildman–Crippen MR) is 112 cm³/mol. The molecule has 0 bridgehead atoms. The molecule has 0 aliphatic carbocycles. The maximum Gasteiger partial charge on any atom is 0.260 e. The topological polar surface area (TPSA) is 42.0 Å². The second kappa shape index (κ2) is 9.60. The van der Waals surface area contributed by atoms with Gasteiger partial charge in [-0.05, 0) is 49.6 Å². The van der Waals surface area contributed by atoms with E-state index >= 15 is 0 Å². The molecule has 0 N–H and O–H groups in total. The highest BCUT2D eigenvalue weighted by Crippen LogP contribution is 2.18. The Labute approximate surface area is 167 Å². The van der Waals surface area contributed by atoms with Crippen molar-refractivity contribution in [2.75, 3.05) is 38.8 Å². The number of amides is 1. The van der Waals surface area contributed by atoms with Crippen LogP contribution in [0.4, 0.5) is 5.69 Å². The largest absolute Gasteiger partial charge is 0.484 e. The van der Waals surface area contributed by atoms with Gasteiger partial charge < -0.3 is 19.3 Å². The van der Waals surface area contributed by atoms with Crippen LogP contribution in [0.3, 0.4) is 0 Å². The summed E-state index contributed by atoms with van der Waals surface area (Å²) in [5.74, 6) is 0.694. The molecule has 1 heterocycles. The summed E-state index contributed by atoms with van der Waals surface area (Å²) in [4.78, 5) is 16.8. The van der Waals surface area contributed by atoms with E-state index in [2.05, 4.69) is 29.2 Å². The average Bonchev–Trinajstić information content (AvgIpc) is 3.20. The van der Waals surface area contributed by atoms with E-state index < -0.39 is 0 Å². The normalized spacial score (nSPS) is 16.0. The van der Waals surface area contributed by atoms with E-state index in [9.17, 15) is 4.79 Å². The number of ether oxygens (including phenoxy) is 2. The van der Waals surface area contributed by atoms with Crippen LogP contribution in [-0.2, 0) is 16.1 Å². The van der Waals surface area contributed by atoms with Crippen molar-refractivity contribution >= 4 is 11.6 Å². The van der Waals surface area contributed by atoms with Gasteiger partial charge in [-0.15, -0.1) is 0 Å². The lowest BCUT2D eigenvalue weighted by atomic mass is 10.1. The maximum atomic E-state index is 12.9. The highest BCUT2D eigenvalue weighted by Gasteiger charge is 2.23. The standard InChI is InChI=1S/C23H30N2O3/c1-18-6-12-21(13-7-18)28-17-23(26)25(16-22-5-4-14-27-22)15-19-8-10-20(11-9-19)24(2)3/h6-13,22H,4-5,14-17H2,1-3H3/t22-/m0/s1. The zero-order chi connectivity index (χ0) is 19.9. The number of benzene rings is 2. The van der Waals surface area contributed by atoms with Crippen molar-refractivity contribution < 1.29 is 14.3 Å². The molecule has 2 aromatic rings. The van der Waals surface area contributed by atoms with Crippen LogP contribution in [0.1, 0.15) is 24.0 Å². The molecule has 0 aromatic heterocycles. The Hall–Kier alpha value is -2.53. The Morgan fingerprint density at radius 1 is 1.11 bits per heavy atom. The molecule has 1 aliphatic heterocycles. The Kier molecular flexibility index (Phi) is 6.93. The van der Waals surface area contributed by atoms with Crippen LogP contribution in [0.5, 0.6) is 5.75 Å². The van der Waals surface area contributed by atoms with Crippen LogP contribution in [0, 0.1) is 6.92 Å². The molecule has 1 saturated heterocycles. The molecule has 5 heteroatoms. The SMILES string of the molecule is Cc1ccc(OCC(=O)N(Cc2ccc(N(C)C)cc2)C[C@@H]2CCCO2)cc1. The minimum Gasteiger partial charge on any atom is -0.484 e. The smallest absolute Gasteiger partial charge is 0.260 e. The average molecular weight is 383 g/mol. The fourth-order valence-corrected chi connectivity index (χ4v) is 3.28. The maximum absolute atomic E-state index is 12.9. The monoisotopic (exact) mass is 382 g/mol. The van der Waals surface area contributed by atoms with Crippen molar-refractivity contribution in [1.82, 2.24) is 4.90 Å². The minimum atomic E-state index is -0.0206. The minimum absolute atomic E-state index is 0.0206. The van der Waals surface area contributed by atoms with Gasteiger partial charge in [-0.1, -0.05) is 29.8 Å². The van der Waals surface area contributed by atoms with E-state index in [1.165, 1.54) is 5.56 Å². The van der Waals surface area contributed by atoms with Gasteiger partial charge in [0.1, 0.15) is 5.75 Å². The molecule has 0 unspecified atom stereocenters. The molecule has 150 valence electrons. The molecular weight excluding hydrogens is 352 g/mol. The zero-order valence-corrected chi connectivity index (χ0v) is 17.1. The van der Waals surface area contributed by atoms with E-state index in [4.69, 9.17) is 9.47 Å². The van der Waals surface area contributed by atoms with E-state index in [1.54, 1.807) is 0 Å². The second-order valence-electron chi connectivity index (χ2n) is 7.57. The predicted octanol–water partition coefficient (Wildman–Crippen LogP) is 3.65. The van der Waals surface area contributed by atoms with E-state index in [1.807, 2.05) is 50.2 Å². The Morgan fingerprint density at radius 3 is 2.43 bits per heavy atom. The van der Waals surface area contributed by atoms with E-state index in [-0.39, 0.29) is 18.6 Å².